The van der Waals surface area contributed by atoms with Crippen LogP contribution in [0.25, 0.3) is 0 Å². The normalized spacial score (nSPS) is 9.90. The van der Waals surface area contributed by atoms with Crippen molar-refractivity contribution in [3.63, 3.8) is 0 Å². The van der Waals surface area contributed by atoms with Crippen molar-refractivity contribution in [3.8, 4) is 11.8 Å². The summed E-state index contributed by atoms with van der Waals surface area (Å²) in [6.45, 7) is 4.86. The number of nitriles is 1. The quantitative estimate of drug-likeness (QED) is 0.915. The minimum Gasteiger partial charge on any atom is -0.495 e. The number of benzene rings is 2. The molecule has 2 aromatic rings. The number of rotatable bonds is 4. The van der Waals surface area contributed by atoms with Gasteiger partial charge in [-0.15, -0.1) is 0 Å². The molecule has 102 valence electrons. The lowest BCUT2D eigenvalue weighted by Crippen LogP contribution is -2.04. The Labute approximate surface area is 119 Å². The summed E-state index contributed by atoms with van der Waals surface area (Å²) in [5.74, 6) is 0.688. The Kier molecular flexibility index (Phi) is 4.27. The first kappa shape index (κ1) is 14.0. The summed E-state index contributed by atoms with van der Waals surface area (Å²) in [5.41, 5.74) is 5.07. The fraction of sp³-hybridized carbons (Fsp3) is 0.235. The number of nitrogens with zero attached hydrogens (tertiary/aromatic N) is 1. The molecular weight excluding hydrogens is 248 g/mol. The summed E-state index contributed by atoms with van der Waals surface area (Å²) in [7, 11) is 1.61. The van der Waals surface area contributed by atoms with E-state index in [1.54, 1.807) is 13.2 Å². The first-order chi connectivity index (χ1) is 9.65. The topological polar surface area (TPSA) is 45.0 Å². The van der Waals surface area contributed by atoms with E-state index in [9.17, 15) is 5.26 Å². The monoisotopic (exact) mass is 266 g/mol. The predicted molar refractivity (Wildman–Crippen MR) is 81.0 cm³/mol. The van der Waals surface area contributed by atoms with Crippen molar-refractivity contribution in [2.75, 3.05) is 12.4 Å². The molecule has 0 aromatic heterocycles. The molecule has 0 atom stereocenters. The Morgan fingerprint density at radius 3 is 2.60 bits per heavy atom. The van der Waals surface area contributed by atoms with Gasteiger partial charge in [0.2, 0.25) is 0 Å². The van der Waals surface area contributed by atoms with Gasteiger partial charge >= 0.3 is 0 Å². The molecule has 0 saturated carbocycles. The van der Waals surface area contributed by atoms with E-state index in [0.717, 1.165) is 5.69 Å². The number of para-hydroxylation sites is 1. The number of anilines is 1. The first-order valence-corrected chi connectivity index (χ1v) is 6.53. The molecule has 1 N–H and O–H groups in total. The number of hydrogen-bond acceptors (Lipinski definition) is 3. The van der Waals surface area contributed by atoms with E-state index in [2.05, 4.69) is 43.4 Å². The molecule has 2 aromatic carbocycles. The van der Waals surface area contributed by atoms with Crippen LogP contribution in [0.5, 0.6) is 5.75 Å². The number of hydrogen-bond donors (Lipinski definition) is 1. The molecule has 0 unspecified atom stereocenters. The molecule has 0 spiro atoms. The molecule has 3 nitrogen and oxygen atoms in total. The van der Waals surface area contributed by atoms with Crippen molar-refractivity contribution in [2.24, 2.45) is 0 Å². The Balaban J connectivity index is 2.22. The molecule has 0 saturated heterocycles. The second-order valence-electron chi connectivity index (χ2n) is 4.77. The number of ether oxygens (including phenoxy) is 1. The molecule has 0 bridgehead atoms. The number of nitrogens with one attached hydrogen (secondary N) is 1. The van der Waals surface area contributed by atoms with Gasteiger partial charge in [0.1, 0.15) is 11.8 Å². The molecule has 3 heteroatoms. The van der Waals surface area contributed by atoms with Crippen LogP contribution in [0, 0.1) is 25.2 Å². The second kappa shape index (κ2) is 6.12. The second-order valence-corrected chi connectivity index (χ2v) is 4.77. The maximum Gasteiger partial charge on any atom is 0.143 e. The largest absolute Gasteiger partial charge is 0.495 e. The predicted octanol–water partition coefficient (Wildman–Crippen LogP) is 3.80. The lowest BCUT2D eigenvalue weighted by Gasteiger charge is -2.13. The van der Waals surface area contributed by atoms with Gasteiger partial charge in [-0.25, -0.2) is 0 Å². The van der Waals surface area contributed by atoms with Crippen molar-refractivity contribution < 1.29 is 4.74 Å². The third-order valence-electron chi connectivity index (χ3n) is 3.41. The van der Waals surface area contributed by atoms with Gasteiger partial charge < -0.3 is 10.1 Å². The minimum absolute atomic E-state index is 0.591. The summed E-state index contributed by atoms with van der Waals surface area (Å²) in [6.07, 6.45) is 0. The maximum atomic E-state index is 9.17. The van der Waals surface area contributed by atoms with Gasteiger partial charge in [-0.1, -0.05) is 24.3 Å². The molecule has 2 rings (SSSR count). The molecule has 0 aliphatic carbocycles. The lowest BCUT2D eigenvalue weighted by atomic mass is 10.1. The van der Waals surface area contributed by atoms with E-state index >= 15 is 0 Å². The van der Waals surface area contributed by atoms with E-state index in [1.807, 2.05) is 12.1 Å². The average molecular weight is 266 g/mol. The molecule has 0 aliphatic heterocycles. The van der Waals surface area contributed by atoms with Crippen LogP contribution in [0.4, 0.5) is 5.69 Å². The molecule has 0 heterocycles. The van der Waals surface area contributed by atoms with Gasteiger partial charge in [-0.05, 0) is 42.7 Å². The zero-order valence-corrected chi connectivity index (χ0v) is 12.0. The summed E-state index contributed by atoms with van der Waals surface area (Å²) >= 11 is 0. The van der Waals surface area contributed by atoms with E-state index in [0.29, 0.717) is 17.9 Å². The van der Waals surface area contributed by atoms with Crippen LogP contribution in [0.15, 0.2) is 36.4 Å². The van der Waals surface area contributed by atoms with Gasteiger partial charge in [0.25, 0.3) is 0 Å². The Morgan fingerprint density at radius 1 is 1.15 bits per heavy atom. The van der Waals surface area contributed by atoms with Gasteiger partial charge in [-0.3, -0.25) is 0 Å². The Hall–Kier alpha value is -2.47. The van der Waals surface area contributed by atoms with E-state index in [-0.39, 0.29) is 0 Å². The number of aryl methyl sites for hydroxylation is 2. The summed E-state index contributed by atoms with van der Waals surface area (Å²) < 4.78 is 5.31. The van der Waals surface area contributed by atoms with Crippen molar-refractivity contribution in [1.29, 1.82) is 5.26 Å². The van der Waals surface area contributed by atoms with E-state index < -0.39 is 0 Å². The first-order valence-electron chi connectivity index (χ1n) is 6.53. The third-order valence-corrected chi connectivity index (χ3v) is 3.41. The smallest absolute Gasteiger partial charge is 0.143 e. The molecule has 20 heavy (non-hydrogen) atoms. The number of methoxy groups -OCH3 is 1. The van der Waals surface area contributed by atoms with E-state index in [1.165, 1.54) is 16.7 Å². The SMILES string of the molecule is COc1cccc(C#N)c1NCc1ccc(C)c(C)c1. The zero-order chi connectivity index (χ0) is 14.5. The van der Waals surface area contributed by atoms with Gasteiger partial charge in [0.05, 0.1) is 18.4 Å². The van der Waals surface area contributed by atoms with Crippen LogP contribution < -0.4 is 10.1 Å². The van der Waals surface area contributed by atoms with Crippen molar-refractivity contribution in [1.82, 2.24) is 0 Å². The van der Waals surface area contributed by atoms with Crippen LogP contribution in [0.2, 0.25) is 0 Å². The highest BCUT2D eigenvalue weighted by Gasteiger charge is 2.08. The fourth-order valence-electron chi connectivity index (χ4n) is 2.08. The van der Waals surface area contributed by atoms with Crippen LogP contribution >= 0.6 is 0 Å². The third kappa shape index (κ3) is 2.92. The van der Waals surface area contributed by atoms with Crippen LogP contribution in [-0.2, 0) is 6.54 Å². The van der Waals surface area contributed by atoms with Crippen LogP contribution in [0.1, 0.15) is 22.3 Å². The maximum absolute atomic E-state index is 9.17. The van der Waals surface area contributed by atoms with E-state index in [4.69, 9.17) is 4.74 Å². The standard InChI is InChI=1S/C17H18N2O/c1-12-7-8-14(9-13(12)2)11-19-17-15(10-18)5-4-6-16(17)20-3/h4-9,19H,11H2,1-3H3. The highest BCUT2D eigenvalue weighted by Crippen LogP contribution is 2.28. The Bertz CT molecular complexity index is 657. The van der Waals surface area contributed by atoms with Crippen molar-refractivity contribution in [3.05, 3.63) is 58.7 Å². The fourth-order valence-corrected chi connectivity index (χ4v) is 2.08. The molecule has 0 radical (unpaired) electrons. The highest BCUT2D eigenvalue weighted by molar-refractivity contribution is 5.66. The van der Waals surface area contributed by atoms with Gasteiger partial charge in [-0.2, -0.15) is 5.26 Å². The minimum atomic E-state index is 0.591. The van der Waals surface area contributed by atoms with Crippen molar-refractivity contribution >= 4 is 5.69 Å². The molecule has 0 fully saturated rings. The van der Waals surface area contributed by atoms with Crippen LogP contribution in [0.3, 0.4) is 0 Å². The highest BCUT2D eigenvalue weighted by atomic mass is 16.5. The molecule has 0 amide bonds. The molecule has 0 aliphatic rings. The summed E-state index contributed by atoms with van der Waals surface area (Å²) in [6, 6.07) is 14.0. The average Bonchev–Trinajstić information content (AvgIpc) is 2.48. The van der Waals surface area contributed by atoms with Gasteiger partial charge in [0, 0.05) is 6.54 Å². The zero-order valence-electron chi connectivity index (χ0n) is 12.0. The van der Waals surface area contributed by atoms with Gasteiger partial charge in [0.15, 0.2) is 0 Å². The molecular formula is C17H18N2O. The van der Waals surface area contributed by atoms with Crippen molar-refractivity contribution in [2.45, 2.75) is 20.4 Å². The summed E-state index contributed by atoms with van der Waals surface area (Å²) in [5, 5.41) is 12.5. The Morgan fingerprint density at radius 2 is 1.95 bits per heavy atom. The van der Waals surface area contributed by atoms with Crippen LogP contribution in [-0.4, -0.2) is 7.11 Å². The summed E-state index contributed by atoms with van der Waals surface area (Å²) in [4.78, 5) is 0. The lowest BCUT2D eigenvalue weighted by molar-refractivity contribution is 0.416.